The third-order valence-corrected chi connectivity index (χ3v) is 4.35. The highest BCUT2D eigenvalue weighted by atomic mass is 79.9. The molecule has 21 heavy (non-hydrogen) atoms. The first-order valence-electron chi connectivity index (χ1n) is 6.98. The number of nitrogens with one attached hydrogen (secondary N) is 1. The second kappa shape index (κ2) is 5.93. The molecule has 2 aromatic rings. The highest BCUT2D eigenvalue weighted by molar-refractivity contribution is 9.10. The topological polar surface area (TPSA) is 54.9 Å². The number of nitrogens with zero attached hydrogens (tertiary/aromatic N) is 2. The first kappa shape index (κ1) is 14.2. The van der Waals surface area contributed by atoms with Gasteiger partial charge in [0, 0.05) is 16.7 Å². The molecule has 1 saturated carbocycles. The quantitative estimate of drug-likeness (QED) is 0.928. The number of carbonyl (C=O) groups excluding carboxylic acids is 1. The average Bonchev–Trinajstić information content (AvgIpc) is 2.43. The molecular formula is C16H16BrN3O. The summed E-state index contributed by atoms with van der Waals surface area (Å²) >= 11 is 3.44. The van der Waals surface area contributed by atoms with Crippen LogP contribution in [-0.2, 0) is 0 Å². The summed E-state index contributed by atoms with van der Waals surface area (Å²) in [6.45, 7) is 1.78. The zero-order valence-electron chi connectivity index (χ0n) is 11.7. The Morgan fingerprint density at radius 3 is 2.62 bits per heavy atom. The Balaban J connectivity index is 1.55. The number of rotatable bonds is 3. The number of carbonyl (C=O) groups is 1. The molecule has 0 spiro atoms. The van der Waals surface area contributed by atoms with Crippen LogP contribution in [0.3, 0.4) is 0 Å². The van der Waals surface area contributed by atoms with Gasteiger partial charge in [-0.3, -0.25) is 4.79 Å². The van der Waals surface area contributed by atoms with Gasteiger partial charge in [0.2, 0.25) is 0 Å². The van der Waals surface area contributed by atoms with Crippen LogP contribution in [0.2, 0.25) is 0 Å². The summed E-state index contributed by atoms with van der Waals surface area (Å²) in [6, 6.07) is 10.3. The molecule has 1 heterocycles. The molecule has 1 amide bonds. The van der Waals surface area contributed by atoms with E-state index in [0.29, 0.717) is 17.4 Å². The number of benzene rings is 1. The molecule has 0 unspecified atom stereocenters. The molecule has 108 valence electrons. The molecule has 1 aliphatic carbocycles. The maximum absolute atomic E-state index is 12.1. The number of amides is 1. The molecule has 5 heteroatoms. The van der Waals surface area contributed by atoms with Crippen molar-refractivity contribution >= 4 is 21.8 Å². The summed E-state index contributed by atoms with van der Waals surface area (Å²) in [5.74, 6) is 1.04. The van der Waals surface area contributed by atoms with Crippen LogP contribution in [0.4, 0.5) is 0 Å². The van der Waals surface area contributed by atoms with Gasteiger partial charge in [0.15, 0.2) is 0 Å². The molecule has 1 fully saturated rings. The maximum atomic E-state index is 12.1. The van der Waals surface area contributed by atoms with Crippen molar-refractivity contribution in [2.24, 2.45) is 0 Å². The van der Waals surface area contributed by atoms with E-state index in [4.69, 9.17) is 0 Å². The van der Waals surface area contributed by atoms with Gasteiger partial charge in [0.05, 0.1) is 0 Å². The lowest BCUT2D eigenvalue weighted by Gasteiger charge is -2.36. The molecule has 0 aliphatic heterocycles. The van der Waals surface area contributed by atoms with Crippen LogP contribution in [0, 0.1) is 6.92 Å². The molecule has 0 saturated heterocycles. The van der Waals surface area contributed by atoms with Crippen molar-refractivity contribution in [3.63, 3.8) is 0 Å². The van der Waals surface area contributed by atoms with E-state index in [9.17, 15) is 4.79 Å². The lowest BCUT2D eigenvalue weighted by atomic mass is 9.76. The van der Waals surface area contributed by atoms with Gasteiger partial charge >= 0.3 is 0 Å². The molecule has 4 nitrogen and oxygen atoms in total. The van der Waals surface area contributed by atoms with E-state index in [-0.39, 0.29) is 11.9 Å². The second-order valence-electron chi connectivity index (χ2n) is 5.38. The van der Waals surface area contributed by atoms with Crippen LogP contribution in [0.1, 0.15) is 40.6 Å². The van der Waals surface area contributed by atoms with Crippen molar-refractivity contribution in [1.82, 2.24) is 15.3 Å². The number of aryl methyl sites for hydroxylation is 1. The van der Waals surface area contributed by atoms with Gasteiger partial charge in [-0.1, -0.05) is 28.1 Å². The largest absolute Gasteiger partial charge is 0.348 e. The monoisotopic (exact) mass is 345 g/mol. The molecule has 0 bridgehead atoms. The Kier molecular flexibility index (Phi) is 4.01. The van der Waals surface area contributed by atoms with Gasteiger partial charge in [-0.15, -0.1) is 0 Å². The van der Waals surface area contributed by atoms with Crippen molar-refractivity contribution in [2.75, 3.05) is 0 Å². The zero-order chi connectivity index (χ0) is 14.8. The van der Waals surface area contributed by atoms with Gasteiger partial charge in [-0.05, 0) is 49.4 Å². The van der Waals surface area contributed by atoms with E-state index < -0.39 is 0 Å². The number of hydrogen-bond donors (Lipinski definition) is 1. The van der Waals surface area contributed by atoms with Crippen LogP contribution >= 0.6 is 15.9 Å². The molecule has 0 atom stereocenters. The molecule has 1 N–H and O–H groups in total. The first-order valence-corrected chi connectivity index (χ1v) is 7.77. The van der Waals surface area contributed by atoms with Crippen LogP contribution in [0.25, 0.3) is 0 Å². The number of hydrogen-bond acceptors (Lipinski definition) is 3. The fourth-order valence-electron chi connectivity index (χ4n) is 2.58. The minimum Gasteiger partial charge on any atom is -0.348 e. The Hall–Kier alpha value is -1.75. The highest BCUT2D eigenvalue weighted by Gasteiger charge is 2.31. The Labute approximate surface area is 132 Å². The first-order chi connectivity index (χ1) is 10.1. The molecule has 1 aromatic heterocycles. The number of halogens is 1. The van der Waals surface area contributed by atoms with E-state index in [0.717, 1.165) is 17.3 Å². The summed E-state index contributed by atoms with van der Waals surface area (Å²) in [4.78, 5) is 20.2. The summed E-state index contributed by atoms with van der Waals surface area (Å²) < 4.78 is 1.09. The highest BCUT2D eigenvalue weighted by Crippen LogP contribution is 2.37. The van der Waals surface area contributed by atoms with Crippen molar-refractivity contribution in [3.05, 3.63) is 58.1 Å². The smallest absolute Gasteiger partial charge is 0.270 e. The van der Waals surface area contributed by atoms with Crippen LogP contribution in [0.15, 0.2) is 41.0 Å². The van der Waals surface area contributed by atoms with Gasteiger partial charge in [0.1, 0.15) is 11.5 Å². The van der Waals surface area contributed by atoms with Crippen molar-refractivity contribution < 1.29 is 4.79 Å². The van der Waals surface area contributed by atoms with Crippen molar-refractivity contribution in [1.29, 1.82) is 0 Å². The van der Waals surface area contributed by atoms with Crippen LogP contribution < -0.4 is 5.32 Å². The van der Waals surface area contributed by atoms with Gasteiger partial charge in [-0.2, -0.15) is 0 Å². The molecule has 0 radical (unpaired) electrons. The Morgan fingerprint density at radius 1 is 1.24 bits per heavy atom. The minimum atomic E-state index is -0.111. The lowest BCUT2D eigenvalue weighted by molar-refractivity contribution is 0.0903. The van der Waals surface area contributed by atoms with E-state index >= 15 is 0 Å². The van der Waals surface area contributed by atoms with Crippen molar-refractivity contribution in [2.45, 2.75) is 31.7 Å². The standard InChI is InChI=1S/C16H16BrN3O/c1-10-18-7-6-15(19-10)16(21)20-14-8-12(9-14)11-2-4-13(17)5-3-11/h2-7,12,14H,8-9H2,1H3,(H,20,21). The van der Waals surface area contributed by atoms with Gasteiger partial charge in [0.25, 0.3) is 5.91 Å². The fraction of sp³-hybridized carbons (Fsp3) is 0.312. The predicted molar refractivity (Wildman–Crippen MR) is 84.1 cm³/mol. The third kappa shape index (κ3) is 3.29. The summed E-state index contributed by atoms with van der Waals surface area (Å²) in [5, 5.41) is 3.03. The van der Waals surface area contributed by atoms with Crippen molar-refractivity contribution in [3.8, 4) is 0 Å². The summed E-state index contributed by atoms with van der Waals surface area (Å²) in [7, 11) is 0. The van der Waals surface area contributed by atoms with Crippen LogP contribution in [0.5, 0.6) is 0 Å². The average molecular weight is 346 g/mol. The van der Waals surface area contributed by atoms with Crippen LogP contribution in [-0.4, -0.2) is 21.9 Å². The fourth-order valence-corrected chi connectivity index (χ4v) is 2.85. The summed E-state index contributed by atoms with van der Waals surface area (Å²) in [5.41, 5.74) is 1.77. The predicted octanol–water partition coefficient (Wildman–Crippen LogP) is 3.22. The summed E-state index contributed by atoms with van der Waals surface area (Å²) in [6.07, 6.45) is 3.58. The molecule has 3 rings (SSSR count). The Bertz CT molecular complexity index is 651. The molecular weight excluding hydrogens is 330 g/mol. The second-order valence-corrected chi connectivity index (χ2v) is 6.30. The van der Waals surface area contributed by atoms with Gasteiger partial charge < -0.3 is 5.32 Å². The normalized spacial score (nSPS) is 20.7. The zero-order valence-corrected chi connectivity index (χ0v) is 13.3. The Morgan fingerprint density at radius 2 is 1.95 bits per heavy atom. The minimum absolute atomic E-state index is 0.111. The lowest BCUT2D eigenvalue weighted by Crippen LogP contribution is -2.43. The van der Waals surface area contributed by atoms with E-state index in [1.165, 1.54) is 5.56 Å². The van der Waals surface area contributed by atoms with E-state index in [1.807, 2.05) is 0 Å². The van der Waals surface area contributed by atoms with E-state index in [2.05, 4.69) is 55.5 Å². The maximum Gasteiger partial charge on any atom is 0.270 e. The number of aromatic nitrogens is 2. The van der Waals surface area contributed by atoms with Gasteiger partial charge in [-0.25, -0.2) is 9.97 Å². The molecule has 1 aliphatic rings. The molecule has 1 aromatic carbocycles. The third-order valence-electron chi connectivity index (χ3n) is 3.82. The SMILES string of the molecule is Cc1nccc(C(=O)NC2CC(c3ccc(Br)cc3)C2)n1. The van der Waals surface area contributed by atoms with E-state index in [1.54, 1.807) is 19.2 Å².